The summed E-state index contributed by atoms with van der Waals surface area (Å²) in [6, 6.07) is 5.46. The molecule has 2 N–H and O–H groups in total. The van der Waals surface area contributed by atoms with Crippen LogP contribution in [0.3, 0.4) is 0 Å². The molecule has 2 amide bonds. The van der Waals surface area contributed by atoms with E-state index in [-0.39, 0.29) is 24.5 Å². The van der Waals surface area contributed by atoms with Gasteiger partial charge in [0.05, 0.1) is 0 Å². The minimum Gasteiger partial charge on any atom is -0.454 e. The van der Waals surface area contributed by atoms with E-state index in [2.05, 4.69) is 15.7 Å². The third-order valence-corrected chi connectivity index (χ3v) is 4.41. The van der Waals surface area contributed by atoms with Crippen LogP contribution in [0.5, 0.6) is 11.5 Å². The van der Waals surface area contributed by atoms with Gasteiger partial charge in [-0.2, -0.15) is 5.10 Å². The number of amides is 2. The molecule has 1 unspecified atom stereocenters. The maximum absolute atomic E-state index is 12.3. The fourth-order valence-corrected chi connectivity index (χ4v) is 3.00. The Kier molecular flexibility index (Phi) is 3.87. The molecule has 2 aromatic rings. The fourth-order valence-electron chi connectivity index (χ4n) is 3.00. The Morgan fingerprint density at radius 3 is 3.04 bits per heavy atom. The first-order valence-corrected chi connectivity index (χ1v) is 8.26. The average molecular weight is 354 g/mol. The molecule has 1 aromatic carbocycles. The number of benzene rings is 1. The standard InChI is InChI=1S/C18H18N4O4/c1-10-7-12-16(21-22(2)17(12)20-18(10)24)19-15(23)6-4-11-3-5-13-14(8-11)26-9-25-13/h3-6,8,10H,7,9H2,1-2H3,(H,20,24)(H,19,21,23). The van der Waals surface area contributed by atoms with Crippen molar-refractivity contribution in [3.05, 3.63) is 35.4 Å². The Morgan fingerprint density at radius 2 is 2.19 bits per heavy atom. The van der Waals surface area contributed by atoms with Crippen LogP contribution in [0.2, 0.25) is 0 Å². The summed E-state index contributed by atoms with van der Waals surface area (Å²) in [6.45, 7) is 2.05. The van der Waals surface area contributed by atoms with Crippen molar-refractivity contribution in [2.75, 3.05) is 17.4 Å². The summed E-state index contributed by atoms with van der Waals surface area (Å²) in [4.78, 5) is 24.1. The quantitative estimate of drug-likeness (QED) is 0.822. The lowest BCUT2D eigenvalue weighted by Crippen LogP contribution is -2.28. The van der Waals surface area contributed by atoms with Gasteiger partial charge in [-0.05, 0) is 30.2 Å². The predicted molar refractivity (Wildman–Crippen MR) is 94.9 cm³/mol. The summed E-state index contributed by atoms with van der Waals surface area (Å²) in [5.74, 6) is 1.96. The van der Waals surface area contributed by atoms with E-state index in [9.17, 15) is 9.59 Å². The molecule has 0 aliphatic carbocycles. The minimum absolute atomic E-state index is 0.0407. The largest absolute Gasteiger partial charge is 0.454 e. The van der Waals surface area contributed by atoms with Crippen molar-refractivity contribution in [3.63, 3.8) is 0 Å². The first kappa shape index (κ1) is 16.2. The molecule has 0 saturated carbocycles. The molecule has 0 spiro atoms. The zero-order chi connectivity index (χ0) is 18.3. The molecule has 26 heavy (non-hydrogen) atoms. The molecule has 0 fully saturated rings. The Bertz CT molecular complexity index is 932. The second kappa shape index (κ2) is 6.21. The number of aromatic nitrogens is 2. The molecule has 134 valence electrons. The highest BCUT2D eigenvalue weighted by atomic mass is 16.7. The zero-order valence-electron chi connectivity index (χ0n) is 14.4. The Labute approximate surface area is 149 Å². The zero-order valence-corrected chi connectivity index (χ0v) is 14.4. The van der Waals surface area contributed by atoms with Crippen LogP contribution in [0.4, 0.5) is 11.6 Å². The topological polar surface area (TPSA) is 94.5 Å². The summed E-state index contributed by atoms with van der Waals surface area (Å²) < 4.78 is 12.2. The Morgan fingerprint density at radius 1 is 1.38 bits per heavy atom. The fraction of sp³-hybridized carbons (Fsp3) is 0.278. The van der Waals surface area contributed by atoms with Crippen LogP contribution >= 0.6 is 0 Å². The number of ether oxygens (including phenoxy) is 2. The number of carbonyl (C=O) groups excluding carboxylic acids is 2. The molecular formula is C18H18N4O4. The van der Waals surface area contributed by atoms with Gasteiger partial charge in [-0.3, -0.25) is 14.3 Å². The van der Waals surface area contributed by atoms with Crippen molar-refractivity contribution in [2.24, 2.45) is 13.0 Å². The molecule has 2 aliphatic heterocycles. The van der Waals surface area contributed by atoms with Crippen LogP contribution in [-0.4, -0.2) is 28.4 Å². The van der Waals surface area contributed by atoms with E-state index in [1.54, 1.807) is 23.9 Å². The van der Waals surface area contributed by atoms with Crippen molar-refractivity contribution in [1.82, 2.24) is 9.78 Å². The average Bonchev–Trinajstić information content (AvgIpc) is 3.19. The second-order valence-electron chi connectivity index (χ2n) is 6.33. The number of hydrogen-bond donors (Lipinski definition) is 2. The van der Waals surface area contributed by atoms with E-state index >= 15 is 0 Å². The van der Waals surface area contributed by atoms with Gasteiger partial charge >= 0.3 is 0 Å². The normalized spacial score (nSPS) is 17.9. The van der Waals surface area contributed by atoms with Gasteiger partial charge in [-0.15, -0.1) is 0 Å². The van der Waals surface area contributed by atoms with Gasteiger partial charge in [0.15, 0.2) is 17.3 Å². The van der Waals surface area contributed by atoms with Crippen LogP contribution in [0.25, 0.3) is 6.08 Å². The number of hydrogen-bond acceptors (Lipinski definition) is 5. The van der Waals surface area contributed by atoms with Gasteiger partial charge in [0, 0.05) is 24.6 Å². The smallest absolute Gasteiger partial charge is 0.249 e. The van der Waals surface area contributed by atoms with Crippen LogP contribution in [0, 0.1) is 5.92 Å². The van der Waals surface area contributed by atoms with Crippen LogP contribution < -0.4 is 20.1 Å². The number of fused-ring (bicyclic) bond motifs is 2. The lowest BCUT2D eigenvalue weighted by Gasteiger charge is -2.19. The SMILES string of the molecule is CC1Cc2c(NC(=O)C=Cc3ccc4c(c3)OCO4)nn(C)c2NC1=O. The van der Waals surface area contributed by atoms with E-state index in [1.165, 1.54) is 6.08 Å². The molecule has 2 aliphatic rings. The molecule has 1 aromatic heterocycles. The highest BCUT2D eigenvalue weighted by molar-refractivity contribution is 6.03. The monoisotopic (exact) mass is 354 g/mol. The molecule has 3 heterocycles. The number of rotatable bonds is 3. The van der Waals surface area contributed by atoms with Crippen LogP contribution in [-0.2, 0) is 23.1 Å². The van der Waals surface area contributed by atoms with Gasteiger partial charge in [-0.1, -0.05) is 13.0 Å². The van der Waals surface area contributed by atoms with E-state index in [0.717, 1.165) is 11.1 Å². The summed E-state index contributed by atoms with van der Waals surface area (Å²) >= 11 is 0. The van der Waals surface area contributed by atoms with E-state index in [4.69, 9.17) is 9.47 Å². The van der Waals surface area contributed by atoms with Crippen molar-refractivity contribution >= 4 is 29.5 Å². The highest BCUT2D eigenvalue weighted by Crippen LogP contribution is 2.33. The lowest BCUT2D eigenvalue weighted by atomic mass is 9.98. The maximum Gasteiger partial charge on any atom is 0.249 e. The van der Waals surface area contributed by atoms with Gasteiger partial charge in [0.1, 0.15) is 5.82 Å². The van der Waals surface area contributed by atoms with Gasteiger partial charge < -0.3 is 20.1 Å². The van der Waals surface area contributed by atoms with E-state index < -0.39 is 0 Å². The van der Waals surface area contributed by atoms with Crippen molar-refractivity contribution in [1.29, 1.82) is 0 Å². The highest BCUT2D eigenvalue weighted by Gasteiger charge is 2.28. The third-order valence-electron chi connectivity index (χ3n) is 4.41. The Hall–Kier alpha value is -3.29. The second-order valence-corrected chi connectivity index (χ2v) is 6.33. The third kappa shape index (κ3) is 2.90. The summed E-state index contributed by atoms with van der Waals surface area (Å²) in [7, 11) is 1.73. The molecular weight excluding hydrogens is 336 g/mol. The molecule has 8 nitrogen and oxygen atoms in total. The molecule has 4 rings (SSSR count). The van der Waals surface area contributed by atoms with Crippen LogP contribution in [0.1, 0.15) is 18.1 Å². The maximum atomic E-state index is 12.3. The molecule has 0 radical (unpaired) electrons. The number of carbonyl (C=O) groups is 2. The van der Waals surface area contributed by atoms with E-state index in [0.29, 0.717) is 29.6 Å². The molecule has 0 saturated heterocycles. The number of aryl methyl sites for hydroxylation is 1. The van der Waals surface area contributed by atoms with Gasteiger partial charge in [-0.25, -0.2) is 0 Å². The summed E-state index contributed by atoms with van der Waals surface area (Å²) in [5, 5.41) is 9.91. The Balaban J connectivity index is 1.49. The number of nitrogens with one attached hydrogen (secondary N) is 2. The molecule has 0 bridgehead atoms. The van der Waals surface area contributed by atoms with Gasteiger partial charge in [0.2, 0.25) is 18.6 Å². The first-order chi connectivity index (χ1) is 12.5. The number of anilines is 2. The van der Waals surface area contributed by atoms with E-state index in [1.807, 2.05) is 19.1 Å². The lowest BCUT2D eigenvalue weighted by molar-refractivity contribution is -0.119. The van der Waals surface area contributed by atoms with Gasteiger partial charge in [0.25, 0.3) is 0 Å². The molecule has 1 atom stereocenters. The molecule has 8 heteroatoms. The first-order valence-electron chi connectivity index (χ1n) is 8.26. The van der Waals surface area contributed by atoms with Crippen molar-refractivity contribution in [2.45, 2.75) is 13.3 Å². The van der Waals surface area contributed by atoms with Crippen LogP contribution in [0.15, 0.2) is 24.3 Å². The summed E-state index contributed by atoms with van der Waals surface area (Å²) in [6.07, 6.45) is 3.66. The number of nitrogens with zero attached hydrogens (tertiary/aromatic N) is 2. The van der Waals surface area contributed by atoms with Crippen molar-refractivity contribution in [3.8, 4) is 11.5 Å². The minimum atomic E-state index is -0.298. The van der Waals surface area contributed by atoms with Crippen molar-refractivity contribution < 1.29 is 19.1 Å². The predicted octanol–water partition coefficient (Wildman–Crippen LogP) is 1.93. The summed E-state index contributed by atoms with van der Waals surface area (Å²) in [5.41, 5.74) is 1.66.